The van der Waals surface area contributed by atoms with E-state index in [1.54, 1.807) is 0 Å². The summed E-state index contributed by atoms with van der Waals surface area (Å²) in [4.78, 5) is 15.5. The Hall–Kier alpha value is -3.81. The summed E-state index contributed by atoms with van der Waals surface area (Å²) in [6.07, 6.45) is 3.76. The number of aromatic amines is 2. The summed E-state index contributed by atoms with van der Waals surface area (Å²) in [6, 6.07) is 19.1. The van der Waals surface area contributed by atoms with Gasteiger partial charge in [0.1, 0.15) is 11.2 Å². The minimum Gasteiger partial charge on any atom is -0.353 e. The molecule has 0 aliphatic carbocycles. The van der Waals surface area contributed by atoms with Gasteiger partial charge in [-0.05, 0) is 61.5 Å². The fourth-order valence-corrected chi connectivity index (χ4v) is 5.23. The molecule has 5 heterocycles. The fraction of sp³-hybridized carbons (Fsp3) is 0.148. The highest BCUT2D eigenvalue weighted by atomic mass is 32.1. The molecule has 168 valence electrons. The van der Waals surface area contributed by atoms with Gasteiger partial charge in [-0.25, -0.2) is 4.98 Å². The van der Waals surface area contributed by atoms with Crippen molar-refractivity contribution in [2.45, 2.75) is 20.4 Å². The number of pyridine rings is 2. The third-order valence-corrected chi connectivity index (χ3v) is 7.04. The van der Waals surface area contributed by atoms with Crippen molar-refractivity contribution in [3.8, 4) is 33.1 Å². The van der Waals surface area contributed by atoms with Gasteiger partial charge in [0.15, 0.2) is 0 Å². The van der Waals surface area contributed by atoms with Gasteiger partial charge in [-0.15, -0.1) is 11.3 Å². The van der Waals surface area contributed by atoms with Crippen LogP contribution >= 0.6 is 11.3 Å². The Bertz CT molecular complexity index is 1620. The summed E-state index contributed by atoms with van der Waals surface area (Å²) >= 11 is 1.81. The SMILES string of the molecule is CCNCc1cncc(-c2ccc3[nH]nc(-c4cc5c(-c6ccc(C)s6)cccc5[nH]4)c3n2)c1. The van der Waals surface area contributed by atoms with E-state index in [0.29, 0.717) is 0 Å². The molecule has 34 heavy (non-hydrogen) atoms. The van der Waals surface area contributed by atoms with E-state index in [2.05, 4.69) is 81.8 Å². The van der Waals surface area contributed by atoms with Crippen molar-refractivity contribution in [1.29, 1.82) is 0 Å². The van der Waals surface area contributed by atoms with Gasteiger partial charge in [0.25, 0.3) is 0 Å². The van der Waals surface area contributed by atoms with Crippen molar-refractivity contribution in [3.05, 3.63) is 77.4 Å². The van der Waals surface area contributed by atoms with E-state index >= 15 is 0 Å². The molecule has 0 radical (unpaired) electrons. The molecule has 0 spiro atoms. The van der Waals surface area contributed by atoms with Crippen molar-refractivity contribution in [2.75, 3.05) is 6.54 Å². The molecule has 0 aliphatic heterocycles. The van der Waals surface area contributed by atoms with Crippen LogP contribution in [-0.2, 0) is 6.54 Å². The number of nitrogens with zero attached hydrogens (tertiary/aromatic N) is 3. The van der Waals surface area contributed by atoms with Gasteiger partial charge < -0.3 is 10.3 Å². The Kier molecular flexibility index (Phi) is 5.20. The van der Waals surface area contributed by atoms with Gasteiger partial charge in [-0.2, -0.15) is 5.10 Å². The number of hydrogen-bond donors (Lipinski definition) is 3. The second-order valence-corrected chi connectivity index (χ2v) is 9.68. The van der Waals surface area contributed by atoms with Crippen molar-refractivity contribution >= 4 is 33.3 Å². The minimum absolute atomic E-state index is 0.789. The molecular formula is C27H24N6S. The van der Waals surface area contributed by atoms with Crippen LogP contribution in [-0.4, -0.2) is 31.7 Å². The molecule has 7 heteroatoms. The molecule has 6 aromatic rings. The first-order chi connectivity index (χ1) is 16.7. The van der Waals surface area contributed by atoms with Gasteiger partial charge in [-0.1, -0.05) is 19.1 Å². The normalized spacial score (nSPS) is 11.6. The standard InChI is InChI=1S/C27H24N6S/c1-3-28-13-17-11-18(15-29-14-17)21-8-9-23-26(31-21)27(33-32-23)24-12-20-19(5-4-6-22(20)30-24)25-10-7-16(2)34-25/h4-12,14-15,28,30H,3,13H2,1-2H3,(H,32,33). The molecule has 0 bridgehead atoms. The van der Waals surface area contributed by atoms with Crippen molar-refractivity contribution < 1.29 is 0 Å². The van der Waals surface area contributed by atoms with E-state index in [1.165, 1.54) is 20.7 Å². The zero-order valence-corrected chi connectivity index (χ0v) is 19.8. The summed E-state index contributed by atoms with van der Waals surface area (Å²) in [7, 11) is 0. The quantitative estimate of drug-likeness (QED) is 0.270. The Balaban J connectivity index is 1.44. The van der Waals surface area contributed by atoms with Gasteiger partial charge >= 0.3 is 0 Å². The van der Waals surface area contributed by atoms with Gasteiger partial charge in [0, 0.05) is 50.7 Å². The predicted molar refractivity (Wildman–Crippen MR) is 140 cm³/mol. The summed E-state index contributed by atoms with van der Waals surface area (Å²) in [5, 5.41) is 12.3. The molecule has 6 nitrogen and oxygen atoms in total. The molecule has 6 rings (SSSR count). The highest BCUT2D eigenvalue weighted by Crippen LogP contribution is 2.36. The maximum absolute atomic E-state index is 4.99. The number of nitrogens with one attached hydrogen (secondary N) is 3. The number of hydrogen-bond acceptors (Lipinski definition) is 5. The van der Waals surface area contributed by atoms with Crippen LogP contribution < -0.4 is 5.32 Å². The van der Waals surface area contributed by atoms with Crippen LogP contribution in [0.2, 0.25) is 0 Å². The zero-order chi connectivity index (χ0) is 23.1. The Morgan fingerprint density at radius 1 is 1.00 bits per heavy atom. The van der Waals surface area contributed by atoms with E-state index in [1.807, 2.05) is 35.9 Å². The van der Waals surface area contributed by atoms with Crippen LogP contribution in [0.25, 0.3) is 55.0 Å². The average Bonchev–Trinajstić information content (AvgIpc) is 3.59. The monoisotopic (exact) mass is 464 g/mol. The first kappa shape index (κ1) is 20.8. The molecule has 0 saturated carbocycles. The molecule has 3 N–H and O–H groups in total. The minimum atomic E-state index is 0.789. The second kappa shape index (κ2) is 8.52. The molecule has 0 atom stereocenters. The van der Waals surface area contributed by atoms with Gasteiger partial charge in [0.05, 0.1) is 16.9 Å². The van der Waals surface area contributed by atoms with E-state index < -0.39 is 0 Å². The Labute approximate surface area is 201 Å². The summed E-state index contributed by atoms with van der Waals surface area (Å²) in [5.41, 5.74) is 8.85. The van der Waals surface area contributed by atoms with E-state index in [4.69, 9.17) is 4.98 Å². The first-order valence-electron chi connectivity index (χ1n) is 11.4. The molecule has 5 aromatic heterocycles. The number of H-pyrrole nitrogens is 2. The van der Waals surface area contributed by atoms with E-state index in [-0.39, 0.29) is 0 Å². The molecule has 0 fully saturated rings. The zero-order valence-electron chi connectivity index (χ0n) is 19.0. The number of benzene rings is 1. The fourth-order valence-electron chi connectivity index (χ4n) is 4.32. The lowest BCUT2D eigenvalue weighted by molar-refractivity contribution is 0.724. The third-order valence-electron chi connectivity index (χ3n) is 6.00. The molecular weight excluding hydrogens is 440 g/mol. The lowest BCUT2D eigenvalue weighted by Gasteiger charge is -2.05. The number of rotatable bonds is 6. The Morgan fingerprint density at radius 2 is 1.94 bits per heavy atom. The lowest BCUT2D eigenvalue weighted by atomic mass is 10.1. The predicted octanol–water partition coefficient (Wildman–Crippen LogP) is 6.31. The topological polar surface area (TPSA) is 82.3 Å². The molecule has 0 aliphatic rings. The third kappa shape index (κ3) is 3.69. The largest absolute Gasteiger partial charge is 0.353 e. The van der Waals surface area contributed by atoms with Crippen molar-refractivity contribution in [1.82, 2.24) is 30.5 Å². The van der Waals surface area contributed by atoms with Crippen LogP contribution in [0.15, 0.2) is 67.0 Å². The highest BCUT2D eigenvalue weighted by molar-refractivity contribution is 7.15. The van der Waals surface area contributed by atoms with Gasteiger partial charge in [0.2, 0.25) is 0 Å². The maximum atomic E-state index is 4.99. The number of aromatic nitrogens is 5. The lowest BCUT2D eigenvalue weighted by Crippen LogP contribution is -2.11. The highest BCUT2D eigenvalue weighted by Gasteiger charge is 2.16. The molecule has 1 aromatic carbocycles. The average molecular weight is 465 g/mol. The smallest absolute Gasteiger partial charge is 0.135 e. The number of fused-ring (bicyclic) bond motifs is 2. The van der Waals surface area contributed by atoms with Crippen LogP contribution in [0.3, 0.4) is 0 Å². The molecule has 0 unspecified atom stereocenters. The summed E-state index contributed by atoms with van der Waals surface area (Å²) < 4.78 is 0. The van der Waals surface area contributed by atoms with Crippen LogP contribution in [0, 0.1) is 6.92 Å². The Morgan fingerprint density at radius 3 is 2.79 bits per heavy atom. The summed E-state index contributed by atoms with van der Waals surface area (Å²) in [5.74, 6) is 0. The molecule has 0 amide bonds. The number of thiophene rings is 1. The van der Waals surface area contributed by atoms with Crippen LogP contribution in [0.5, 0.6) is 0 Å². The van der Waals surface area contributed by atoms with E-state index in [9.17, 15) is 0 Å². The van der Waals surface area contributed by atoms with Crippen molar-refractivity contribution in [3.63, 3.8) is 0 Å². The summed E-state index contributed by atoms with van der Waals surface area (Å²) in [6.45, 7) is 5.95. The van der Waals surface area contributed by atoms with Crippen LogP contribution in [0.4, 0.5) is 0 Å². The molecule has 0 saturated heterocycles. The maximum Gasteiger partial charge on any atom is 0.135 e. The van der Waals surface area contributed by atoms with E-state index in [0.717, 1.165) is 57.8 Å². The number of aryl methyl sites for hydroxylation is 1. The second-order valence-electron chi connectivity index (χ2n) is 8.39. The van der Waals surface area contributed by atoms with Gasteiger partial charge in [-0.3, -0.25) is 10.1 Å². The van der Waals surface area contributed by atoms with Crippen LogP contribution in [0.1, 0.15) is 17.4 Å². The first-order valence-corrected chi connectivity index (χ1v) is 12.2. The van der Waals surface area contributed by atoms with Crippen molar-refractivity contribution in [2.24, 2.45) is 0 Å².